The number of azo groups is 1. The van der Waals surface area contributed by atoms with E-state index in [-0.39, 0.29) is 6.61 Å². The molecular weight excluding hydrogens is 216 g/mol. The quantitative estimate of drug-likeness (QED) is 0.413. The van der Waals surface area contributed by atoms with Gasteiger partial charge in [-0.2, -0.15) is 0 Å². The van der Waals surface area contributed by atoms with Crippen LogP contribution in [-0.2, 0) is 9.16 Å². The van der Waals surface area contributed by atoms with Gasteiger partial charge in [-0.3, -0.25) is 0 Å². The topological polar surface area (TPSA) is 77.3 Å². The Morgan fingerprint density at radius 2 is 1.87 bits per heavy atom. The fourth-order valence-corrected chi connectivity index (χ4v) is 1.86. The van der Waals surface area contributed by atoms with E-state index in [1.807, 2.05) is 0 Å². The van der Waals surface area contributed by atoms with E-state index < -0.39 is 21.9 Å². The summed E-state index contributed by atoms with van der Waals surface area (Å²) in [6, 6.07) is 0.928. The molecule has 0 N–H and O–H groups in total. The van der Waals surface area contributed by atoms with Crippen molar-refractivity contribution in [2.45, 2.75) is 32.7 Å². The lowest BCUT2D eigenvalue weighted by molar-refractivity contribution is 0.160. The molecule has 0 fully saturated rings. The first-order valence-electron chi connectivity index (χ1n) is 4.96. The van der Waals surface area contributed by atoms with Crippen LogP contribution in [0.25, 0.3) is 0 Å². The number of hydrogen-bond acceptors (Lipinski definition) is 4. The number of carbonyl (C=O) groups is 2. The summed E-state index contributed by atoms with van der Waals surface area (Å²) < 4.78 is 9.24. The highest BCUT2D eigenvalue weighted by Crippen LogP contribution is 1.95. The number of unbranched alkanes of at least 4 members (excludes halogenated alkanes) is 1. The first-order chi connectivity index (χ1) is 7.20. The molecule has 0 radical (unpaired) electrons. The van der Waals surface area contributed by atoms with Crippen LogP contribution in [0.3, 0.4) is 0 Å². The molecule has 0 rings (SSSR count). The van der Waals surface area contributed by atoms with Crippen molar-refractivity contribution in [3.63, 3.8) is 0 Å². The van der Waals surface area contributed by atoms with Crippen molar-refractivity contribution in [3.05, 3.63) is 0 Å². The molecule has 0 bridgehead atoms. The Bertz CT molecular complexity index is 233. The molecule has 0 unspecified atom stereocenters. The second-order valence-corrected chi connectivity index (χ2v) is 4.12. The molecule has 0 atom stereocenters. The molecule has 0 spiro atoms. The molecule has 6 nitrogen and oxygen atoms in total. The van der Waals surface area contributed by atoms with Crippen molar-refractivity contribution in [1.82, 2.24) is 0 Å². The maximum atomic E-state index is 10.9. The number of rotatable bonds is 5. The standard InChI is InChI=1S/C8H16N2O4Si/c1-3-5-6-15-14-8(12)10-9-7(11)13-4-2/h3-6,15H2,1-2H3. The van der Waals surface area contributed by atoms with Gasteiger partial charge >= 0.3 is 12.2 Å². The number of amides is 2. The molecule has 15 heavy (non-hydrogen) atoms. The highest BCUT2D eigenvalue weighted by molar-refractivity contribution is 6.30. The van der Waals surface area contributed by atoms with E-state index in [1.165, 1.54) is 0 Å². The number of nitrogens with zero attached hydrogens (tertiary/aromatic N) is 2. The Balaban J connectivity index is 3.59. The highest BCUT2D eigenvalue weighted by Gasteiger charge is 2.02. The lowest BCUT2D eigenvalue weighted by Crippen LogP contribution is -2.04. The second-order valence-electron chi connectivity index (χ2n) is 2.72. The van der Waals surface area contributed by atoms with Gasteiger partial charge in [0.2, 0.25) is 9.76 Å². The van der Waals surface area contributed by atoms with Gasteiger partial charge in [0.1, 0.15) is 0 Å². The van der Waals surface area contributed by atoms with E-state index in [9.17, 15) is 9.59 Å². The molecule has 0 saturated carbocycles. The Hall–Kier alpha value is -1.24. The summed E-state index contributed by atoms with van der Waals surface area (Å²) in [7, 11) is -0.859. The van der Waals surface area contributed by atoms with E-state index in [2.05, 4.69) is 21.9 Å². The molecule has 0 aliphatic heterocycles. The minimum Gasteiger partial charge on any atom is -0.507 e. The second kappa shape index (κ2) is 9.32. The summed E-state index contributed by atoms with van der Waals surface area (Å²) in [4.78, 5) is 21.5. The third kappa shape index (κ3) is 9.07. The van der Waals surface area contributed by atoms with Crippen LogP contribution in [-0.4, -0.2) is 28.6 Å². The molecule has 0 aliphatic rings. The average molecular weight is 232 g/mol. The molecule has 86 valence electrons. The maximum absolute atomic E-state index is 10.9. The van der Waals surface area contributed by atoms with Crippen LogP contribution in [0.1, 0.15) is 26.7 Å². The van der Waals surface area contributed by atoms with Crippen LogP contribution in [0.15, 0.2) is 10.2 Å². The van der Waals surface area contributed by atoms with Crippen molar-refractivity contribution < 1.29 is 18.8 Å². The van der Waals surface area contributed by atoms with Gasteiger partial charge in [0.25, 0.3) is 0 Å². The van der Waals surface area contributed by atoms with E-state index in [4.69, 9.17) is 4.43 Å². The van der Waals surface area contributed by atoms with Gasteiger partial charge in [-0.05, 0) is 13.0 Å². The molecule has 0 aromatic carbocycles. The number of carbonyl (C=O) groups excluding carboxylic acids is 2. The fraction of sp³-hybridized carbons (Fsp3) is 0.750. The van der Waals surface area contributed by atoms with Gasteiger partial charge in [0, 0.05) is 0 Å². The van der Waals surface area contributed by atoms with Crippen LogP contribution >= 0.6 is 0 Å². The van der Waals surface area contributed by atoms with Gasteiger partial charge in [0.15, 0.2) is 0 Å². The smallest absolute Gasteiger partial charge is 0.452 e. The van der Waals surface area contributed by atoms with Crippen molar-refractivity contribution in [3.8, 4) is 0 Å². The minimum absolute atomic E-state index is 0.206. The third-order valence-electron chi connectivity index (χ3n) is 1.45. The predicted molar refractivity (Wildman–Crippen MR) is 56.6 cm³/mol. The third-order valence-corrected chi connectivity index (χ3v) is 2.69. The van der Waals surface area contributed by atoms with Gasteiger partial charge < -0.3 is 9.16 Å². The van der Waals surface area contributed by atoms with Crippen molar-refractivity contribution in [2.24, 2.45) is 10.2 Å². The molecule has 0 saturated heterocycles. The number of hydrogen-bond donors (Lipinski definition) is 0. The zero-order valence-electron chi connectivity index (χ0n) is 9.06. The summed E-state index contributed by atoms with van der Waals surface area (Å²) in [6.45, 7) is 3.91. The molecule has 0 aromatic heterocycles. The first-order valence-corrected chi connectivity index (χ1v) is 6.53. The van der Waals surface area contributed by atoms with E-state index in [0.29, 0.717) is 0 Å². The summed E-state index contributed by atoms with van der Waals surface area (Å²) in [5.74, 6) is 0. The normalized spacial score (nSPS) is 11.1. The summed E-state index contributed by atoms with van der Waals surface area (Å²) >= 11 is 0. The van der Waals surface area contributed by atoms with Crippen LogP contribution in [0.5, 0.6) is 0 Å². The Morgan fingerprint density at radius 3 is 2.47 bits per heavy atom. The summed E-state index contributed by atoms with van der Waals surface area (Å²) in [5.41, 5.74) is 0. The Labute approximate surface area is 91.0 Å². The minimum atomic E-state index is -0.871. The monoisotopic (exact) mass is 232 g/mol. The lowest BCUT2D eigenvalue weighted by atomic mass is 10.4. The molecular formula is C8H16N2O4Si. The predicted octanol–water partition coefficient (Wildman–Crippen LogP) is 2.03. The zero-order valence-corrected chi connectivity index (χ0v) is 10.5. The van der Waals surface area contributed by atoms with Crippen LogP contribution in [0.4, 0.5) is 9.59 Å². The lowest BCUT2D eigenvalue weighted by Gasteiger charge is -1.98. The molecule has 0 heterocycles. The van der Waals surface area contributed by atoms with E-state index in [0.717, 1.165) is 18.9 Å². The fourth-order valence-electron chi connectivity index (χ4n) is 0.774. The van der Waals surface area contributed by atoms with Crippen molar-refractivity contribution in [2.75, 3.05) is 6.61 Å². The first kappa shape index (κ1) is 13.8. The van der Waals surface area contributed by atoms with Crippen molar-refractivity contribution >= 4 is 21.9 Å². The van der Waals surface area contributed by atoms with Gasteiger partial charge in [-0.1, -0.05) is 30.0 Å². The molecule has 2 amide bonds. The maximum Gasteiger partial charge on any atom is 0.452 e. The molecule has 0 aromatic rings. The SMILES string of the molecule is CCCC[SiH2]OC(=O)N=NC(=O)OCC. The Kier molecular flexibility index (Phi) is 8.55. The van der Waals surface area contributed by atoms with Gasteiger partial charge in [0.05, 0.1) is 6.61 Å². The summed E-state index contributed by atoms with van der Waals surface area (Å²) in [5, 5.41) is 6.09. The van der Waals surface area contributed by atoms with E-state index >= 15 is 0 Å². The average Bonchev–Trinajstić information content (AvgIpc) is 2.22. The van der Waals surface area contributed by atoms with Crippen LogP contribution < -0.4 is 0 Å². The number of ether oxygens (including phenoxy) is 1. The van der Waals surface area contributed by atoms with Crippen molar-refractivity contribution in [1.29, 1.82) is 0 Å². The van der Waals surface area contributed by atoms with Gasteiger partial charge in [-0.15, -0.1) is 0 Å². The zero-order chi connectivity index (χ0) is 11.5. The summed E-state index contributed by atoms with van der Waals surface area (Å²) in [6.07, 6.45) is 0.458. The van der Waals surface area contributed by atoms with Gasteiger partial charge in [-0.25, -0.2) is 9.59 Å². The highest BCUT2D eigenvalue weighted by atomic mass is 28.2. The van der Waals surface area contributed by atoms with E-state index in [1.54, 1.807) is 6.92 Å². The molecule has 7 heteroatoms. The van der Waals surface area contributed by atoms with Crippen LogP contribution in [0.2, 0.25) is 6.04 Å². The van der Waals surface area contributed by atoms with Crippen LogP contribution in [0, 0.1) is 0 Å². The Morgan fingerprint density at radius 1 is 1.20 bits per heavy atom. The largest absolute Gasteiger partial charge is 0.507 e. The molecule has 0 aliphatic carbocycles.